The average Bonchev–Trinajstić information content (AvgIpc) is 3.45. The van der Waals surface area contributed by atoms with Crippen LogP contribution < -0.4 is 49.1 Å². The smallest absolute Gasteiger partial charge is 0.262 e. The Balaban J connectivity index is 0.000000288. The van der Waals surface area contributed by atoms with Gasteiger partial charge in [-0.1, -0.05) is 72.1 Å². The van der Waals surface area contributed by atoms with Crippen LogP contribution in [0.15, 0.2) is 131 Å². The number of amides is 2. The maximum absolute atomic E-state index is 13.6. The summed E-state index contributed by atoms with van der Waals surface area (Å²) in [7, 11) is 10.4. The zero-order chi connectivity index (χ0) is 57.4. The lowest BCUT2D eigenvalue weighted by Crippen LogP contribution is -2.30. The molecule has 0 saturated carbocycles. The van der Waals surface area contributed by atoms with Gasteiger partial charge in [-0.3, -0.25) is 9.59 Å². The molecule has 418 valence electrons. The maximum atomic E-state index is 13.6. The molecule has 0 aliphatic rings. The number of nitrogens with one attached hydrogen (secondary N) is 4. The molecule has 2 unspecified atom stereocenters. The van der Waals surface area contributed by atoms with Gasteiger partial charge in [-0.15, -0.1) is 0 Å². The summed E-state index contributed by atoms with van der Waals surface area (Å²) in [5.74, 6) is 3.67. The van der Waals surface area contributed by atoms with Crippen molar-refractivity contribution in [2.24, 2.45) is 0 Å². The summed E-state index contributed by atoms with van der Waals surface area (Å²) in [6, 6.07) is 34.9. The molecule has 6 aromatic carbocycles. The second kappa shape index (κ2) is 33.4. The van der Waals surface area contributed by atoms with Gasteiger partial charge in [-0.2, -0.15) is 4.72 Å². The number of hydrogen-bond donors (Lipinski definition) is 4. The minimum atomic E-state index is -3.94. The fourth-order valence-corrected chi connectivity index (χ4v) is 13.7. The summed E-state index contributed by atoms with van der Waals surface area (Å²) < 4.78 is 85.9. The van der Waals surface area contributed by atoms with Crippen LogP contribution in [0.2, 0.25) is 0 Å². The van der Waals surface area contributed by atoms with Crippen LogP contribution in [0.3, 0.4) is 0 Å². The Morgan fingerprint density at radius 1 is 0.551 bits per heavy atom. The standard InChI is InChI=1S/C26H28IN2O6PS2.C21H27N2O4PS.C6H4ClIO2S/c1-33-19-11-8-17(9-12-19)26(29-38(31,32)24-7-5-4-6-21(24)27)20-14-18(10-13-25(30)28-16-36-37)22(34-2)15-23(20)35-3;1-22-21(14-5-8-16(25-2)9-6-14)17-11-15(7-10-20(24)23-13-28-29)18(26-3)12-19(17)27-4;7-11(9,10)6-4-2-1-3-5(6)8/h4-9,11-12,14-15,26,29H,10,13,16H2,1-3H3,(H,28,30);5-6,8-9,11-12,21-22H,7,10,13H2,1-4H3,(H,23,24);1-4H. The molecular formula is C53H59ClI2N4O12P2S4. The van der Waals surface area contributed by atoms with Crippen molar-refractivity contribution >= 4 is 125 Å². The molecule has 0 aromatic heterocycles. The number of rotatable bonds is 25. The minimum absolute atomic E-state index is 0.0258. The highest BCUT2D eigenvalue weighted by Gasteiger charge is 2.29. The van der Waals surface area contributed by atoms with E-state index in [1.54, 1.807) is 101 Å². The largest absolute Gasteiger partial charge is 0.497 e. The second-order valence-electron chi connectivity index (χ2n) is 16.2. The van der Waals surface area contributed by atoms with Crippen molar-refractivity contribution in [2.75, 3.05) is 62.3 Å². The van der Waals surface area contributed by atoms with Crippen molar-refractivity contribution in [3.05, 3.63) is 162 Å². The quantitative estimate of drug-likeness (QED) is 0.0239. The van der Waals surface area contributed by atoms with Crippen LogP contribution in [0, 0.1) is 7.14 Å². The van der Waals surface area contributed by atoms with Crippen molar-refractivity contribution < 1.29 is 54.8 Å². The minimum Gasteiger partial charge on any atom is -0.497 e. The van der Waals surface area contributed by atoms with Crippen LogP contribution >= 0.6 is 70.6 Å². The van der Waals surface area contributed by atoms with Crippen molar-refractivity contribution in [3.63, 3.8) is 0 Å². The van der Waals surface area contributed by atoms with Crippen LogP contribution in [0.4, 0.5) is 0 Å². The normalized spacial score (nSPS) is 11.9. The highest BCUT2D eigenvalue weighted by Crippen LogP contribution is 2.39. The molecule has 78 heavy (non-hydrogen) atoms. The Morgan fingerprint density at radius 2 is 0.936 bits per heavy atom. The third-order valence-electron chi connectivity index (χ3n) is 11.5. The molecule has 0 radical (unpaired) electrons. The molecule has 2 atom stereocenters. The first-order valence-corrected chi connectivity index (χ1v) is 33.5. The summed E-state index contributed by atoms with van der Waals surface area (Å²) in [6.07, 6.45) is 2.39. The molecule has 0 bridgehead atoms. The molecule has 0 saturated heterocycles. The van der Waals surface area contributed by atoms with E-state index in [0.29, 0.717) is 80.5 Å². The molecule has 6 rings (SSSR count). The lowest BCUT2D eigenvalue weighted by atomic mass is 9.94. The fraction of sp³-hybridized carbons (Fsp3) is 0.283. The van der Waals surface area contributed by atoms with Crippen LogP contribution in [0.5, 0.6) is 34.5 Å². The van der Waals surface area contributed by atoms with E-state index in [9.17, 15) is 26.4 Å². The first-order chi connectivity index (χ1) is 37.3. The predicted molar refractivity (Wildman–Crippen MR) is 331 cm³/mol. The number of halogens is 3. The van der Waals surface area contributed by atoms with Crippen molar-refractivity contribution in [1.29, 1.82) is 0 Å². The van der Waals surface area contributed by atoms with Crippen LogP contribution in [-0.4, -0.2) is 90.9 Å². The van der Waals surface area contributed by atoms with Crippen LogP contribution in [0.1, 0.15) is 58.3 Å². The molecule has 0 aliphatic heterocycles. The molecule has 2 amide bonds. The monoisotopic (exact) mass is 1420 g/mol. The molecule has 16 nitrogen and oxygen atoms in total. The van der Waals surface area contributed by atoms with Crippen molar-refractivity contribution in [2.45, 2.75) is 47.6 Å². The van der Waals surface area contributed by atoms with E-state index in [2.05, 4.69) is 20.7 Å². The first-order valence-electron chi connectivity index (χ1n) is 23.4. The predicted octanol–water partition coefficient (Wildman–Crippen LogP) is 10.5. The molecule has 6 aromatic rings. The van der Waals surface area contributed by atoms with Crippen molar-refractivity contribution in [1.82, 2.24) is 20.7 Å². The van der Waals surface area contributed by atoms with Gasteiger partial charge in [0.25, 0.3) is 9.05 Å². The third kappa shape index (κ3) is 19.7. The summed E-state index contributed by atoms with van der Waals surface area (Å²) in [4.78, 5) is 24.6. The topological polar surface area (TPSA) is 206 Å². The second-order valence-corrected chi connectivity index (χ2v) is 25.4. The summed E-state index contributed by atoms with van der Waals surface area (Å²) in [6.45, 7) is 0. The Bertz CT molecular complexity index is 3210. The van der Waals surface area contributed by atoms with E-state index in [1.807, 2.05) is 94.7 Å². The van der Waals surface area contributed by atoms with Crippen molar-refractivity contribution in [3.8, 4) is 34.5 Å². The molecule has 0 fully saturated rings. The number of methoxy groups -OCH3 is 6. The van der Waals surface area contributed by atoms with E-state index in [0.717, 1.165) is 41.1 Å². The first kappa shape index (κ1) is 66.2. The number of aryl methyl sites for hydroxylation is 2. The van der Waals surface area contributed by atoms with Crippen LogP contribution in [0.25, 0.3) is 0 Å². The fourth-order valence-electron chi connectivity index (χ4n) is 7.67. The lowest BCUT2D eigenvalue weighted by molar-refractivity contribution is -0.121. The summed E-state index contributed by atoms with van der Waals surface area (Å²) in [5.41, 5.74) is 4.99. The third-order valence-corrected chi connectivity index (χ3v) is 18.3. The highest BCUT2D eigenvalue weighted by atomic mass is 127. The Labute approximate surface area is 502 Å². The number of hydrogen-bond acceptors (Lipinski definition) is 15. The zero-order valence-electron chi connectivity index (χ0n) is 43.5. The van der Waals surface area contributed by atoms with E-state index < -0.39 is 25.1 Å². The maximum Gasteiger partial charge on any atom is 0.262 e. The highest BCUT2D eigenvalue weighted by molar-refractivity contribution is 14.1. The van der Waals surface area contributed by atoms with Gasteiger partial charge in [-0.25, -0.2) is 16.8 Å². The van der Waals surface area contributed by atoms with Crippen LogP contribution in [-0.2, 0) is 65.1 Å². The number of benzene rings is 6. The number of sulfonamides is 1. The van der Waals surface area contributed by atoms with Gasteiger partial charge in [0.2, 0.25) is 21.8 Å². The Kier molecular flexibility index (Phi) is 28.4. The Hall–Kier alpha value is -4.33. The van der Waals surface area contributed by atoms with E-state index in [4.69, 9.17) is 62.7 Å². The van der Waals surface area contributed by atoms with Gasteiger partial charge in [0.15, 0.2) is 0 Å². The molecule has 4 N–H and O–H groups in total. The SMILES string of the molecule is CNC(c1ccc(OC)cc1)c1cc(CCC(=O)NCP=S)c(OC)cc1OC.COc1ccc(C(NS(=O)(=O)c2ccccc2I)c2cc(CCC(=O)NCP=S)c(OC)cc2OC)cc1.O=S(=O)(Cl)c1ccccc1I. The number of carbonyl (C=O) groups is 2. The van der Waals surface area contributed by atoms with E-state index in [1.165, 1.54) is 20.3 Å². The average molecular weight is 1420 g/mol. The zero-order valence-corrected chi connectivity index (χ0v) is 53.6. The van der Waals surface area contributed by atoms with Gasteiger partial charge in [0.1, 0.15) is 34.5 Å². The van der Waals surface area contributed by atoms with Gasteiger partial charge in [-0.05, 0) is 163 Å². The number of carbonyl (C=O) groups excluding carboxylic acids is 2. The lowest BCUT2D eigenvalue weighted by Gasteiger charge is -2.24. The Morgan fingerprint density at radius 3 is 1.28 bits per heavy atom. The molecule has 0 heterocycles. The summed E-state index contributed by atoms with van der Waals surface area (Å²) >= 11 is 13.6. The molecule has 25 heteroatoms. The van der Waals surface area contributed by atoms with Gasteiger partial charge in [0.05, 0.1) is 77.1 Å². The van der Waals surface area contributed by atoms with E-state index >= 15 is 0 Å². The molecular weight excluding hydrogens is 1360 g/mol. The molecule has 0 spiro atoms. The number of ether oxygens (including phenoxy) is 6. The van der Waals surface area contributed by atoms with Gasteiger partial charge < -0.3 is 44.4 Å². The van der Waals surface area contributed by atoms with Gasteiger partial charge in [0, 0.05) is 53.9 Å². The summed E-state index contributed by atoms with van der Waals surface area (Å²) in [5, 5.41) is 8.92. The van der Waals surface area contributed by atoms with E-state index in [-0.39, 0.29) is 34.1 Å². The van der Waals surface area contributed by atoms with Gasteiger partial charge >= 0.3 is 0 Å². The molecule has 0 aliphatic carbocycles.